The summed E-state index contributed by atoms with van der Waals surface area (Å²) < 4.78 is 11.8. The lowest BCUT2D eigenvalue weighted by molar-refractivity contribution is -0.141. The first kappa shape index (κ1) is 18.4. The number of hydrogen-bond donors (Lipinski definition) is 0. The number of hydrogen-bond acceptors (Lipinski definition) is 5. The summed E-state index contributed by atoms with van der Waals surface area (Å²) in [5.74, 6) is 0.108. The van der Waals surface area contributed by atoms with E-state index >= 15 is 0 Å². The molecule has 0 radical (unpaired) electrons. The molecule has 3 rings (SSSR count). The minimum atomic E-state index is -0.326. The molecule has 0 N–H and O–H groups in total. The molecule has 1 unspecified atom stereocenters. The Balaban J connectivity index is 1.59. The van der Waals surface area contributed by atoms with Crippen LogP contribution in [0.1, 0.15) is 19.3 Å². The predicted octanol–water partition coefficient (Wildman–Crippen LogP) is 0.0968. The highest BCUT2D eigenvalue weighted by molar-refractivity contribution is 5.81. The normalized spacial score (nSPS) is 20.7. The summed E-state index contributed by atoms with van der Waals surface area (Å²) in [5, 5.41) is 0. The first-order chi connectivity index (χ1) is 12.6. The molecule has 2 aliphatic heterocycles. The zero-order valence-electron chi connectivity index (χ0n) is 15.1. The third kappa shape index (κ3) is 4.07. The lowest BCUT2D eigenvalue weighted by atomic mass is 10.2. The van der Waals surface area contributed by atoms with Gasteiger partial charge in [-0.3, -0.25) is 14.4 Å². The van der Waals surface area contributed by atoms with Crippen LogP contribution < -0.4 is 10.3 Å². The van der Waals surface area contributed by atoms with E-state index in [0.29, 0.717) is 32.8 Å². The fourth-order valence-corrected chi connectivity index (χ4v) is 3.40. The van der Waals surface area contributed by atoms with Gasteiger partial charge in [0.05, 0.1) is 7.11 Å². The standard InChI is InChI=1S/C18H25N3O5/c1-25-14-5-2-7-21(17(14)23)13-16(22)19-8-4-9-20(11-10-19)18(24)15-6-3-12-26-15/h2,5,7,15H,3-4,6,8-13H2,1H3. The number of carbonyl (C=O) groups is 2. The first-order valence-corrected chi connectivity index (χ1v) is 9.02. The summed E-state index contributed by atoms with van der Waals surface area (Å²) in [4.78, 5) is 40.8. The molecule has 0 bridgehead atoms. The summed E-state index contributed by atoms with van der Waals surface area (Å²) >= 11 is 0. The lowest BCUT2D eigenvalue weighted by Crippen LogP contribution is -2.42. The van der Waals surface area contributed by atoms with Crippen LogP contribution in [0.4, 0.5) is 0 Å². The van der Waals surface area contributed by atoms with Crippen LogP contribution in [0, 0.1) is 0 Å². The van der Waals surface area contributed by atoms with Crippen LogP contribution in [0.25, 0.3) is 0 Å². The molecule has 0 spiro atoms. The van der Waals surface area contributed by atoms with Gasteiger partial charge < -0.3 is 23.8 Å². The van der Waals surface area contributed by atoms with E-state index in [4.69, 9.17) is 9.47 Å². The summed E-state index contributed by atoms with van der Waals surface area (Å²) in [6, 6.07) is 3.25. The molecule has 1 aromatic heterocycles. The van der Waals surface area contributed by atoms with Gasteiger partial charge in [0.25, 0.3) is 11.5 Å². The number of rotatable bonds is 4. The van der Waals surface area contributed by atoms with Crippen molar-refractivity contribution in [1.82, 2.24) is 14.4 Å². The number of nitrogens with zero attached hydrogens (tertiary/aromatic N) is 3. The van der Waals surface area contributed by atoms with E-state index in [9.17, 15) is 14.4 Å². The maximum absolute atomic E-state index is 12.6. The topological polar surface area (TPSA) is 81.1 Å². The average molecular weight is 363 g/mol. The zero-order chi connectivity index (χ0) is 18.5. The Labute approximate surface area is 152 Å². The molecule has 2 amide bonds. The van der Waals surface area contributed by atoms with Crippen LogP contribution in [0.3, 0.4) is 0 Å². The van der Waals surface area contributed by atoms with E-state index < -0.39 is 0 Å². The molecule has 1 atom stereocenters. The van der Waals surface area contributed by atoms with Crippen molar-refractivity contribution in [2.75, 3.05) is 39.9 Å². The van der Waals surface area contributed by atoms with E-state index in [-0.39, 0.29) is 35.8 Å². The van der Waals surface area contributed by atoms with Gasteiger partial charge in [-0.1, -0.05) is 0 Å². The van der Waals surface area contributed by atoms with Crippen molar-refractivity contribution < 1.29 is 19.1 Å². The number of pyridine rings is 1. The molecule has 0 saturated carbocycles. The van der Waals surface area contributed by atoms with Crippen molar-refractivity contribution in [2.45, 2.75) is 31.9 Å². The molecule has 2 saturated heterocycles. The first-order valence-electron chi connectivity index (χ1n) is 9.02. The number of amides is 2. The van der Waals surface area contributed by atoms with Crippen molar-refractivity contribution in [2.24, 2.45) is 0 Å². The van der Waals surface area contributed by atoms with Gasteiger partial charge in [-0.25, -0.2) is 0 Å². The molecule has 0 aliphatic carbocycles. The largest absolute Gasteiger partial charge is 0.491 e. The summed E-state index contributed by atoms with van der Waals surface area (Å²) in [5.41, 5.74) is -0.326. The molecule has 26 heavy (non-hydrogen) atoms. The highest BCUT2D eigenvalue weighted by Gasteiger charge is 2.30. The van der Waals surface area contributed by atoms with E-state index in [1.54, 1.807) is 28.1 Å². The molecule has 3 heterocycles. The molecule has 8 heteroatoms. The van der Waals surface area contributed by atoms with Gasteiger partial charge in [-0.15, -0.1) is 0 Å². The van der Waals surface area contributed by atoms with Crippen LogP contribution >= 0.6 is 0 Å². The van der Waals surface area contributed by atoms with Crippen LogP contribution in [0.15, 0.2) is 23.1 Å². The van der Waals surface area contributed by atoms with E-state index in [2.05, 4.69) is 0 Å². The second-order valence-electron chi connectivity index (χ2n) is 6.57. The Morgan fingerprint density at radius 2 is 1.96 bits per heavy atom. The second kappa shape index (κ2) is 8.35. The maximum Gasteiger partial charge on any atom is 0.293 e. The van der Waals surface area contributed by atoms with E-state index in [1.807, 2.05) is 0 Å². The molecule has 0 aromatic carbocycles. The van der Waals surface area contributed by atoms with Gasteiger partial charge in [0.15, 0.2) is 5.75 Å². The smallest absolute Gasteiger partial charge is 0.293 e. The number of aromatic nitrogens is 1. The van der Waals surface area contributed by atoms with Gasteiger partial charge in [-0.2, -0.15) is 0 Å². The fraction of sp³-hybridized carbons (Fsp3) is 0.611. The van der Waals surface area contributed by atoms with Crippen molar-refractivity contribution in [3.8, 4) is 5.75 Å². The van der Waals surface area contributed by atoms with Gasteiger partial charge in [0, 0.05) is 39.0 Å². The summed E-state index contributed by atoms with van der Waals surface area (Å²) in [7, 11) is 1.43. The monoisotopic (exact) mass is 363 g/mol. The fourth-order valence-electron chi connectivity index (χ4n) is 3.40. The van der Waals surface area contributed by atoms with Crippen LogP contribution in [-0.4, -0.2) is 72.2 Å². The Morgan fingerprint density at radius 1 is 1.19 bits per heavy atom. The van der Waals surface area contributed by atoms with Crippen molar-refractivity contribution >= 4 is 11.8 Å². The number of methoxy groups -OCH3 is 1. The van der Waals surface area contributed by atoms with Crippen molar-refractivity contribution in [3.05, 3.63) is 28.7 Å². The van der Waals surface area contributed by atoms with Gasteiger partial charge in [0.1, 0.15) is 12.6 Å². The summed E-state index contributed by atoms with van der Waals surface area (Å²) in [6.45, 7) is 2.78. The molecule has 2 aliphatic rings. The lowest BCUT2D eigenvalue weighted by Gasteiger charge is -2.24. The quantitative estimate of drug-likeness (QED) is 0.758. The minimum Gasteiger partial charge on any atom is -0.491 e. The Hall–Kier alpha value is -2.35. The maximum atomic E-state index is 12.6. The molecule has 142 valence electrons. The van der Waals surface area contributed by atoms with Crippen molar-refractivity contribution in [3.63, 3.8) is 0 Å². The van der Waals surface area contributed by atoms with Crippen LogP contribution in [-0.2, 0) is 20.9 Å². The molecule has 1 aromatic rings. The third-order valence-electron chi connectivity index (χ3n) is 4.88. The highest BCUT2D eigenvalue weighted by Crippen LogP contribution is 2.16. The van der Waals surface area contributed by atoms with E-state index in [1.165, 1.54) is 11.7 Å². The molecular weight excluding hydrogens is 338 g/mol. The predicted molar refractivity (Wildman–Crippen MR) is 94.0 cm³/mol. The Kier molecular flexibility index (Phi) is 5.92. The van der Waals surface area contributed by atoms with Crippen molar-refractivity contribution in [1.29, 1.82) is 0 Å². The molecule has 2 fully saturated rings. The number of carbonyl (C=O) groups excluding carboxylic acids is 2. The Morgan fingerprint density at radius 3 is 2.69 bits per heavy atom. The van der Waals surface area contributed by atoms with Gasteiger partial charge >= 0.3 is 0 Å². The number of ether oxygens (including phenoxy) is 2. The molecular formula is C18H25N3O5. The zero-order valence-corrected chi connectivity index (χ0v) is 15.1. The second-order valence-corrected chi connectivity index (χ2v) is 6.57. The summed E-state index contributed by atoms with van der Waals surface area (Å²) in [6.07, 6.45) is 3.67. The van der Waals surface area contributed by atoms with E-state index in [0.717, 1.165) is 19.3 Å². The van der Waals surface area contributed by atoms with Gasteiger partial charge in [0.2, 0.25) is 5.91 Å². The third-order valence-corrected chi connectivity index (χ3v) is 4.88. The Bertz CT molecular complexity index is 711. The minimum absolute atomic E-state index is 0.0285. The van der Waals surface area contributed by atoms with Crippen LogP contribution in [0.2, 0.25) is 0 Å². The molecule has 8 nitrogen and oxygen atoms in total. The van der Waals surface area contributed by atoms with Crippen LogP contribution in [0.5, 0.6) is 5.75 Å². The average Bonchev–Trinajstić information content (AvgIpc) is 3.07. The highest BCUT2D eigenvalue weighted by atomic mass is 16.5. The van der Waals surface area contributed by atoms with Gasteiger partial charge in [-0.05, 0) is 31.4 Å². The SMILES string of the molecule is COc1cccn(CC(=O)N2CCCN(C(=O)C3CCCO3)CC2)c1=O.